The van der Waals surface area contributed by atoms with E-state index in [1.807, 2.05) is 12.1 Å². The van der Waals surface area contributed by atoms with Crippen LogP contribution in [0.25, 0.3) is 10.8 Å². The number of piperidine rings is 1. The highest BCUT2D eigenvalue weighted by molar-refractivity contribution is 5.83. The molecule has 4 heteroatoms. The van der Waals surface area contributed by atoms with Crippen LogP contribution in [0.2, 0.25) is 0 Å². The lowest BCUT2D eigenvalue weighted by atomic mass is 9.95. The van der Waals surface area contributed by atoms with Crippen molar-refractivity contribution in [3.63, 3.8) is 0 Å². The quantitative estimate of drug-likeness (QED) is 0.907. The zero-order valence-corrected chi connectivity index (χ0v) is 12.7. The van der Waals surface area contributed by atoms with Gasteiger partial charge in [-0.05, 0) is 48.3 Å². The first-order chi connectivity index (χ1) is 10.6. The van der Waals surface area contributed by atoms with Crippen LogP contribution in [0.4, 0.5) is 0 Å². The van der Waals surface area contributed by atoms with E-state index in [9.17, 15) is 4.79 Å². The molecule has 1 saturated heterocycles. The SMILES string of the molecule is NC(=O)C1CCN(CC(N)c2ccc3ccccc3c2)CC1. The molecule has 0 spiro atoms. The van der Waals surface area contributed by atoms with E-state index in [1.165, 1.54) is 10.8 Å². The number of primary amides is 1. The molecule has 1 fully saturated rings. The number of nitrogens with zero attached hydrogens (tertiary/aromatic N) is 1. The highest BCUT2D eigenvalue weighted by Crippen LogP contribution is 2.22. The normalized spacial score (nSPS) is 18.4. The average Bonchev–Trinajstić information content (AvgIpc) is 2.55. The Balaban J connectivity index is 1.63. The van der Waals surface area contributed by atoms with E-state index >= 15 is 0 Å². The third kappa shape index (κ3) is 3.29. The molecule has 0 aromatic heterocycles. The van der Waals surface area contributed by atoms with Crippen LogP contribution in [0.3, 0.4) is 0 Å². The van der Waals surface area contributed by atoms with Crippen LogP contribution >= 0.6 is 0 Å². The summed E-state index contributed by atoms with van der Waals surface area (Å²) in [6.45, 7) is 2.62. The summed E-state index contributed by atoms with van der Waals surface area (Å²) in [4.78, 5) is 13.5. The van der Waals surface area contributed by atoms with Crippen molar-refractivity contribution in [1.82, 2.24) is 4.90 Å². The molecule has 0 radical (unpaired) electrons. The number of amides is 1. The van der Waals surface area contributed by atoms with Crippen molar-refractivity contribution in [2.75, 3.05) is 19.6 Å². The van der Waals surface area contributed by atoms with Crippen LogP contribution in [0.5, 0.6) is 0 Å². The molecule has 2 aromatic rings. The van der Waals surface area contributed by atoms with E-state index in [0.29, 0.717) is 0 Å². The molecule has 22 heavy (non-hydrogen) atoms. The minimum atomic E-state index is -0.168. The minimum Gasteiger partial charge on any atom is -0.369 e. The van der Waals surface area contributed by atoms with Crippen LogP contribution in [-0.2, 0) is 4.79 Å². The maximum atomic E-state index is 11.2. The van der Waals surface area contributed by atoms with Gasteiger partial charge in [-0.15, -0.1) is 0 Å². The van der Waals surface area contributed by atoms with Crippen LogP contribution in [0.15, 0.2) is 42.5 Å². The lowest BCUT2D eigenvalue weighted by Gasteiger charge is -2.32. The molecule has 0 bridgehead atoms. The number of benzene rings is 2. The Morgan fingerprint density at radius 1 is 1.14 bits per heavy atom. The van der Waals surface area contributed by atoms with Gasteiger partial charge in [0.15, 0.2) is 0 Å². The zero-order chi connectivity index (χ0) is 15.5. The summed E-state index contributed by atoms with van der Waals surface area (Å²) in [6, 6.07) is 14.7. The smallest absolute Gasteiger partial charge is 0.220 e. The Hall–Kier alpha value is -1.91. The third-order valence-corrected chi connectivity index (χ3v) is 4.65. The Kier molecular flexibility index (Phi) is 4.41. The molecule has 116 valence electrons. The zero-order valence-electron chi connectivity index (χ0n) is 12.7. The number of carbonyl (C=O) groups is 1. The molecule has 1 atom stereocenters. The first-order valence-electron chi connectivity index (χ1n) is 7.89. The van der Waals surface area contributed by atoms with E-state index < -0.39 is 0 Å². The molecule has 4 N–H and O–H groups in total. The summed E-state index contributed by atoms with van der Waals surface area (Å²) in [5, 5.41) is 2.46. The molecule has 1 aliphatic heterocycles. The van der Waals surface area contributed by atoms with Gasteiger partial charge in [-0.25, -0.2) is 0 Å². The van der Waals surface area contributed by atoms with Gasteiger partial charge in [0.05, 0.1) is 0 Å². The van der Waals surface area contributed by atoms with E-state index in [1.54, 1.807) is 0 Å². The maximum Gasteiger partial charge on any atom is 0.220 e. The van der Waals surface area contributed by atoms with Gasteiger partial charge >= 0.3 is 0 Å². The van der Waals surface area contributed by atoms with Crippen LogP contribution in [0, 0.1) is 5.92 Å². The first kappa shape index (κ1) is 15.0. The average molecular weight is 297 g/mol. The Morgan fingerprint density at radius 2 is 1.82 bits per heavy atom. The molecule has 1 heterocycles. The van der Waals surface area contributed by atoms with Crippen LogP contribution < -0.4 is 11.5 Å². The molecule has 3 rings (SSSR count). The second-order valence-corrected chi connectivity index (χ2v) is 6.19. The highest BCUT2D eigenvalue weighted by atomic mass is 16.1. The van der Waals surface area contributed by atoms with Gasteiger partial charge in [0.1, 0.15) is 0 Å². The summed E-state index contributed by atoms with van der Waals surface area (Å²) < 4.78 is 0. The summed E-state index contributed by atoms with van der Waals surface area (Å²) >= 11 is 0. The van der Waals surface area contributed by atoms with Gasteiger partial charge in [0, 0.05) is 18.5 Å². The molecule has 0 saturated carbocycles. The summed E-state index contributed by atoms with van der Waals surface area (Å²) in [7, 11) is 0. The summed E-state index contributed by atoms with van der Waals surface area (Å²) in [6.07, 6.45) is 1.69. The van der Waals surface area contributed by atoms with Crippen molar-refractivity contribution in [3.05, 3.63) is 48.0 Å². The van der Waals surface area contributed by atoms with Gasteiger partial charge in [0.2, 0.25) is 5.91 Å². The number of rotatable bonds is 4. The van der Waals surface area contributed by atoms with Gasteiger partial charge in [0.25, 0.3) is 0 Å². The largest absolute Gasteiger partial charge is 0.369 e. The topological polar surface area (TPSA) is 72.4 Å². The molecule has 4 nitrogen and oxygen atoms in total. The van der Waals surface area contributed by atoms with Crippen LogP contribution in [-0.4, -0.2) is 30.4 Å². The van der Waals surface area contributed by atoms with Gasteiger partial charge in [-0.3, -0.25) is 4.79 Å². The predicted octanol–water partition coefficient (Wildman–Crippen LogP) is 2.04. The fraction of sp³-hybridized carbons (Fsp3) is 0.389. The number of carbonyl (C=O) groups excluding carboxylic acids is 1. The van der Waals surface area contributed by atoms with Crippen molar-refractivity contribution in [2.45, 2.75) is 18.9 Å². The van der Waals surface area contributed by atoms with E-state index in [-0.39, 0.29) is 17.9 Å². The Morgan fingerprint density at radius 3 is 2.50 bits per heavy atom. The lowest BCUT2D eigenvalue weighted by molar-refractivity contribution is -0.123. The molecular formula is C18H23N3O. The summed E-state index contributed by atoms with van der Waals surface area (Å²) in [5.41, 5.74) is 12.9. The number of hydrogen-bond donors (Lipinski definition) is 2. The van der Waals surface area contributed by atoms with Crippen molar-refractivity contribution in [1.29, 1.82) is 0 Å². The van der Waals surface area contributed by atoms with E-state index in [2.05, 4.69) is 35.2 Å². The number of fused-ring (bicyclic) bond motifs is 1. The third-order valence-electron chi connectivity index (χ3n) is 4.65. The second kappa shape index (κ2) is 6.46. The summed E-state index contributed by atoms with van der Waals surface area (Å²) in [5.74, 6) is -0.133. The van der Waals surface area contributed by atoms with Crippen molar-refractivity contribution < 1.29 is 4.79 Å². The Labute approximate surface area is 131 Å². The molecule has 0 aliphatic carbocycles. The van der Waals surface area contributed by atoms with Gasteiger partial charge in [-0.1, -0.05) is 36.4 Å². The van der Waals surface area contributed by atoms with Crippen molar-refractivity contribution in [3.8, 4) is 0 Å². The minimum absolute atomic E-state index is 0.00488. The molecule has 1 amide bonds. The van der Waals surface area contributed by atoms with Gasteiger partial charge in [-0.2, -0.15) is 0 Å². The van der Waals surface area contributed by atoms with Gasteiger partial charge < -0.3 is 16.4 Å². The van der Waals surface area contributed by atoms with Crippen molar-refractivity contribution >= 4 is 16.7 Å². The lowest BCUT2D eigenvalue weighted by Crippen LogP contribution is -2.41. The first-order valence-corrected chi connectivity index (χ1v) is 7.89. The second-order valence-electron chi connectivity index (χ2n) is 6.19. The van der Waals surface area contributed by atoms with Crippen molar-refractivity contribution in [2.24, 2.45) is 17.4 Å². The maximum absolute atomic E-state index is 11.2. The van der Waals surface area contributed by atoms with E-state index in [4.69, 9.17) is 11.5 Å². The number of likely N-dealkylation sites (tertiary alicyclic amines) is 1. The molecule has 1 aliphatic rings. The highest BCUT2D eigenvalue weighted by Gasteiger charge is 2.24. The fourth-order valence-corrected chi connectivity index (χ4v) is 3.22. The predicted molar refractivity (Wildman–Crippen MR) is 89.2 cm³/mol. The molecular weight excluding hydrogens is 274 g/mol. The fourth-order valence-electron chi connectivity index (χ4n) is 3.22. The standard InChI is InChI=1S/C18H23N3O/c19-17(12-21-9-7-14(8-10-21)18(20)22)16-6-5-13-3-1-2-4-15(13)11-16/h1-6,11,14,17H,7-10,12,19H2,(H2,20,22). The molecule has 2 aromatic carbocycles. The van der Waals surface area contributed by atoms with E-state index in [0.717, 1.165) is 38.0 Å². The monoisotopic (exact) mass is 297 g/mol. The molecule has 1 unspecified atom stereocenters. The number of nitrogens with two attached hydrogens (primary N) is 2. The number of hydrogen-bond acceptors (Lipinski definition) is 3. The Bertz CT molecular complexity index is 662. The van der Waals surface area contributed by atoms with Crippen LogP contribution in [0.1, 0.15) is 24.4 Å².